The van der Waals surface area contributed by atoms with E-state index in [0.717, 1.165) is 0 Å². The fourth-order valence-corrected chi connectivity index (χ4v) is 2.28. The van der Waals surface area contributed by atoms with E-state index in [1.54, 1.807) is 13.0 Å². The molecule has 0 aromatic carbocycles. The summed E-state index contributed by atoms with van der Waals surface area (Å²) in [6.07, 6.45) is 2.98. The van der Waals surface area contributed by atoms with Crippen LogP contribution in [0.4, 0.5) is 0 Å². The Labute approximate surface area is 125 Å². The van der Waals surface area contributed by atoms with Crippen molar-refractivity contribution >= 4 is 5.97 Å². The molecule has 8 heteroatoms. The molecule has 1 aliphatic heterocycles. The molecule has 0 saturated heterocycles. The first-order valence-electron chi connectivity index (χ1n) is 6.52. The normalized spacial score (nSPS) is 16.6. The van der Waals surface area contributed by atoms with E-state index in [0.29, 0.717) is 11.3 Å². The molecule has 3 rings (SSSR count). The first-order chi connectivity index (χ1) is 10.7. The van der Waals surface area contributed by atoms with Gasteiger partial charge in [0.15, 0.2) is 0 Å². The van der Waals surface area contributed by atoms with Gasteiger partial charge in [-0.25, -0.2) is 4.79 Å². The van der Waals surface area contributed by atoms with Gasteiger partial charge in [-0.2, -0.15) is 10.2 Å². The van der Waals surface area contributed by atoms with Gasteiger partial charge in [-0.05, 0) is 13.0 Å². The van der Waals surface area contributed by atoms with E-state index < -0.39 is 11.9 Å². The van der Waals surface area contributed by atoms with Gasteiger partial charge in [0, 0.05) is 5.56 Å². The summed E-state index contributed by atoms with van der Waals surface area (Å²) in [5.74, 6) is -1.06. The van der Waals surface area contributed by atoms with E-state index in [9.17, 15) is 10.1 Å². The Hall–Kier alpha value is -3.21. The number of hydrogen-bond acceptors (Lipinski definition) is 7. The van der Waals surface area contributed by atoms with Crippen LogP contribution in [0.1, 0.15) is 34.7 Å². The van der Waals surface area contributed by atoms with Crippen LogP contribution in [0.3, 0.4) is 0 Å². The van der Waals surface area contributed by atoms with Crippen molar-refractivity contribution in [2.45, 2.75) is 12.8 Å². The molecule has 22 heavy (non-hydrogen) atoms. The summed E-state index contributed by atoms with van der Waals surface area (Å²) in [4.78, 5) is 18.7. The molecule has 0 radical (unpaired) electrons. The topological polar surface area (TPSA) is 127 Å². The number of nitrogens with two attached hydrogens (primary N) is 1. The summed E-state index contributed by atoms with van der Waals surface area (Å²) < 4.78 is 15.3. The number of allylic oxidation sites excluding steroid dienone is 1. The highest BCUT2D eigenvalue weighted by molar-refractivity contribution is 5.85. The molecule has 8 nitrogen and oxygen atoms in total. The zero-order valence-electron chi connectivity index (χ0n) is 11.6. The molecule has 1 atom stereocenters. The second-order valence-corrected chi connectivity index (χ2v) is 4.51. The summed E-state index contributed by atoms with van der Waals surface area (Å²) in [6.45, 7) is 1.92. The van der Waals surface area contributed by atoms with Gasteiger partial charge in [0.05, 0.1) is 30.7 Å². The molecule has 0 fully saturated rings. The van der Waals surface area contributed by atoms with Crippen molar-refractivity contribution < 1.29 is 18.7 Å². The predicted molar refractivity (Wildman–Crippen MR) is 72.5 cm³/mol. The second kappa shape index (κ2) is 5.29. The van der Waals surface area contributed by atoms with Crippen LogP contribution >= 0.6 is 0 Å². The van der Waals surface area contributed by atoms with Crippen LogP contribution in [0, 0.1) is 11.3 Å². The lowest BCUT2D eigenvalue weighted by molar-refractivity contribution is 0.0512. The highest BCUT2D eigenvalue weighted by Gasteiger charge is 2.35. The number of imidazole rings is 1. The van der Waals surface area contributed by atoms with Gasteiger partial charge in [-0.15, -0.1) is 0 Å². The molecule has 1 unspecified atom stereocenters. The fourth-order valence-electron chi connectivity index (χ4n) is 2.28. The summed E-state index contributed by atoms with van der Waals surface area (Å²) >= 11 is 0. The highest BCUT2D eigenvalue weighted by Crippen LogP contribution is 2.40. The van der Waals surface area contributed by atoms with E-state index in [2.05, 4.69) is 9.97 Å². The molecule has 2 aromatic heterocycles. The Morgan fingerprint density at radius 3 is 3.09 bits per heavy atom. The Balaban J connectivity index is 2.10. The van der Waals surface area contributed by atoms with Crippen molar-refractivity contribution in [3.63, 3.8) is 0 Å². The second-order valence-electron chi connectivity index (χ2n) is 4.51. The van der Waals surface area contributed by atoms with E-state index in [4.69, 9.17) is 19.6 Å². The van der Waals surface area contributed by atoms with Crippen molar-refractivity contribution in [2.24, 2.45) is 5.73 Å². The first-order valence-corrected chi connectivity index (χ1v) is 6.52. The summed E-state index contributed by atoms with van der Waals surface area (Å²) in [5, 5.41) is 9.33. The number of carbonyl (C=O) groups is 1. The Bertz CT molecular complexity index is 782. The number of nitrogens with one attached hydrogen (secondary N) is 1. The van der Waals surface area contributed by atoms with Gasteiger partial charge in [0.25, 0.3) is 0 Å². The number of rotatable bonds is 3. The van der Waals surface area contributed by atoms with Gasteiger partial charge in [-0.3, -0.25) is 0 Å². The number of hydrogen-bond donors (Lipinski definition) is 2. The third-order valence-electron chi connectivity index (χ3n) is 3.21. The van der Waals surface area contributed by atoms with Crippen LogP contribution < -0.4 is 10.5 Å². The maximum Gasteiger partial charge on any atom is 0.374 e. The SMILES string of the molecule is CCOC(=O)c1nc2c([nH]1)C(c1ccoc1)C(C#N)=C(N)O2. The maximum atomic E-state index is 11.8. The van der Waals surface area contributed by atoms with Gasteiger partial charge in [0.2, 0.25) is 17.6 Å². The number of carbonyl (C=O) groups excluding carboxylic acids is 1. The van der Waals surface area contributed by atoms with Crippen LogP contribution in [-0.4, -0.2) is 22.5 Å². The smallest absolute Gasteiger partial charge is 0.374 e. The average molecular weight is 300 g/mol. The highest BCUT2D eigenvalue weighted by atomic mass is 16.5. The minimum Gasteiger partial charge on any atom is -0.472 e. The Morgan fingerprint density at radius 1 is 1.64 bits per heavy atom. The molecule has 0 aliphatic carbocycles. The lowest BCUT2D eigenvalue weighted by atomic mass is 9.90. The summed E-state index contributed by atoms with van der Waals surface area (Å²) in [5.41, 5.74) is 7.15. The summed E-state index contributed by atoms with van der Waals surface area (Å²) in [6, 6.07) is 3.72. The molecule has 0 saturated carbocycles. The first kappa shape index (κ1) is 13.8. The molecule has 3 N–H and O–H groups in total. The van der Waals surface area contributed by atoms with Crippen molar-refractivity contribution in [1.82, 2.24) is 9.97 Å². The minimum atomic E-state index is -0.608. The minimum absolute atomic E-state index is 0.00710. The number of nitriles is 1. The number of furan rings is 1. The number of fused-ring (bicyclic) bond motifs is 1. The van der Waals surface area contributed by atoms with E-state index >= 15 is 0 Å². The standard InChI is InChI=1S/C14H12N4O4/c1-2-21-14(19)12-17-10-9(7-3-4-20-6-7)8(5-15)11(16)22-13(10)18-12/h3-4,6,9H,2,16H2,1H3,(H,17,18). The van der Waals surface area contributed by atoms with E-state index in [1.807, 2.05) is 6.07 Å². The summed E-state index contributed by atoms with van der Waals surface area (Å²) in [7, 11) is 0. The van der Waals surface area contributed by atoms with Gasteiger partial charge >= 0.3 is 5.97 Å². The van der Waals surface area contributed by atoms with Crippen LogP contribution in [0.5, 0.6) is 5.88 Å². The van der Waals surface area contributed by atoms with Crippen LogP contribution in [-0.2, 0) is 4.74 Å². The third-order valence-corrected chi connectivity index (χ3v) is 3.21. The monoisotopic (exact) mass is 300 g/mol. The zero-order valence-corrected chi connectivity index (χ0v) is 11.6. The number of esters is 1. The van der Waals surface area contributed by atoms with Crippen LogP contribution in [0.2, 0.25) is 0 Å². The quantitative estimate of drug-likeness (QED) is 0.820. The van der Waals surface area contributed by atoms with Crippen molar-refractivity contribution in [2.75, 3.05) is 6.61 Å². The molecule has 0 spiro atoms. The molecule has 0 amide bonds. The molecule has 1 aliphatic rings. The lowest BCUT2D eigenvalue weighted by Crippen LogP contribution is -2.20. The number of nitrogens with zero attached hydrogens (tertiary/aromatic N) is 2. The maximum absolute atomic E-state index is 11.8. The fraction of sp³-hybridized carbons (Fsp3) is 0.214. The van der Waals surface area contributed by atoms with Crippen LogP contribution in [0.25, 0.3) is 0 Å². The van der Waals surface area contributed by atoms with Gasteiger partial charge < -0.3 is 24.6 Å². The molecule has 112 valence electrons. The average Bonchev–Trinajstić information content (AvgIpc) is 3.15. The third kappa shape index (κ3) is 2.09. The Kier molecular flexibility index (Phi) is 3.31. The van der Waals surface area contributed by atoms with Gasteiger partial charge in [0.1, 0.15) is 11.6 Å². The Morgan fingerprint density at radius 2 is 2.45 bits per heavy atom. The van der Waals surface area contributed by atoms with E-state index in [1.165, 1.54) is 12.5 Å². The predicted octanol–water partition coefficient (Wildman–Crippen LogP) is 1.40. The number of aromatic amines is 1. The largest absolute Gasteiger partial charge is 0.472 e. The van der Waals surface area contributed by atoms with Crippen LogP contribution in [0.15, 0.2) is 34.5 Å². The van der Waals surface area contributed by atoms with E-state index in [-0.39, 0.29) is 29.8 Å². The van der Waals surface area contributed by atoms with Crippen molar-refractivity contribution in [3.8, 4) is 11.9 Å². The van der Waals surface area contributed by atoms with Crippen molar-refractivity contribution in [3.05, 3.63) is 47.1 Å². The number of H-pyrrole nitrogens is 1. The lowest BCUT2D eigenvalue weighted by Gasteiger charge is -2.20. The number of ether oxygens (including phenoxy) is 2. The molecular formula is C14H12N4O4. The molecule has 2 aromatic rings. The van der Waals surface area contributed by atoms with Gasteiger partial charge in [-0.1, -0.05) is 0 Å². The molecule has 0 bridgehead atoms. The molecule has 3 heterocycles. The number of aromatic nitrogens is 2. The zero-order chi connectivity index (χ0) is 15.7. The molecular weight excluding hydrogens is 288 g/mol. The van der Waals surface area contributed by atoms with Crippen molar-refractivity contribution in [1.29, 1.82) is 5.26 Å².